The molecule has 5 heteroatoms. The molecule has 0 saturated heterocycles. The Kier molecular flexibility index (Phi) is 3.53. The fourth-order valence-corrected chi connectivity index (χ4v) is 1.76. The minimum absolute atomic E-state index is 0.561. The summed E-state index contributed by atoms with van der Waals surface area (Å²) in [6, 6.07) is 8.01. The van der Waals surface area contributed by atoms with Gasteiger partial charge in [-0.15, -0.1) is 10.2 Å². The van der Waals surface area contributed by atoms with Gasteiger partial charge in [0.1, 0.15) is 0 Å². The smallest absolute Gasteiger partial charge is 0.247 e. The maximum atomic E-state index is 5.41. The number of halogens is 2. The van der Waals surface area contributed by atoms with Crippen LogP contribution < -0.4 is 0 Å². The molecule has 0 fully saturated rings. The number of hydrogen-bond acceptors (Lipinski definition) is 3. The van der Waals surface area contributed by atoms with Gasteiger partial charge in [0, 0.05) is 10.9 Å². The van der Waals surface area contributed by atoms with Gasteiger partial charge in [-0.3, -0.25) is 0 Å². The first kappa shape index (κ1) is 10.8. The predicted octanol–water partition coefficient (Wildman–Crippen LogP) is 3.53. The van der Waals surface area contributed by atoms with Gasteiger partial charge < -0.3 is 4.42 Å². The van der Waals surface area contributed by atoms with E-state index in [0.29, 0.717) is 17.1 Å². The molecule has 0 aliphatic carbocycles. The van der Waals surface area contributed by atoms with Crippen LogP contribution in [0.3, 0.4) is 0 Å². The average Bonchev–Trinajstić information content (AvgIpc) is 2.78. The molecule has 2 aromatic rings. The summed E-state index contributed by atoms with van der Waals surface area (Å²) in [6.07, 6.45) is 0. The highest BCUT2D eigenvalue weighted by molar-refractivity contribution is 9.08. The molecule has 0 bridgehead atoms. The van der Waals surface area contributed by atoms with E-state index in [2.05, 4.69) is 42.1 Å². The van der Waals surface area contributed by atoms with Gasteiger partial charge in [-0.2, -0.15) is 0 Å². The zero-order chi connectivity index (χ0) is 10.7. The Morgan fingerprint density at radius 2 is 1.73 bits per heavy atom. The van der Waals surface area contributed by atoms with E-state index in [0.717, 1.165) is 10.9 Å². The molecule has 1 aromatic heterocycles. The van der Waals surface area contributed by atoms with Gasteiger partial charge >= 0.3 is 0 Å². The van der Waals surface area contributed by atoms with Gasteiger partial charge in [0.15, 0.2) is 0 Å². The summed E-state index contributed by atoms with van der Waals surface area (Å²) in [5, 5.41) is 9.27. The molecule has 0 radical (unpaired) electrons. The molecule has 0 N–H and O–H groups in total. The number of rotatable bonds is 3. The van der Waals surface area contributed by atoms with Crippen molar-refractivity contribution in [3.63, 3.8) is 0 Å². The van der Waals surface area contributed by atoms with Crippen molar-refractivity contribution >= 4 is 31.9 Å². The molecule has 1 aromatic carbocycles. The molecule has 0 unspecified atom stereocenters. The maximum Gasteiger partial charge on any atom is 0.247 e. The van der Waals surface area contributed by atoms with Gasteiger partial charge in [-0.1, -0.05) is 44.0 Å². The topological polar surface area (TPSA) is 38.9 Å². The molecule has 78 valence electrons. The summed E-state index contributed by atoms with van der Waals surface area (Å²) in [7, 11) is 0. The van der Waals surface area contributed by atoms with Crippen molar-refractivity contribution in [1.29, 1.82) is 0 Å². The summed E-state index contributed by atoms with van der Waals surface area (Å²) in [5.41, 5.74) is 2.17. The molecular formula is C10H8Br2N2O. The van der Waals surface area contributed by atoms with E-state index in [9.17, 15) is 0 Å². The van der Waals surface area contributed by atoms with Gasteiger partial charge in [0.2, 0.25) is 11.8 Å². The van der Waals surface area contributed by atoms with Gasteiger partial charge in [-0.25, -0.2) is 0 Å². The molecule has 0 aliphatic heterocycles. The van der Waals surface area contributed by atoms with Crippen molar-refractivity contribution in [2.75, 3.05) is 0 Å². The molecule has 0 spiro atoms. The number of benzene rings is 1. The fourth-order valence-electron chi connectivity index (χ4n) is 1.16. The van der Waals surface area contributed by atoms with E-state index < -0.39 is 0 Å². The lowest BCUT2D eigenvalue weighted by atomic mass is 10.1. The van der Waals surface area contributed by atoms with E-state index in [1.165, 1.54) is 5.56 Å². The first-order chi connectivity index (χ1) is 7.33. The minimum atomic E-state index is 0.561. The van der Waals surface area contributed by atoms with Crippen molar-refractivity contribution in [3.05, 3.63) is 35.7 Å². The van der Waals surface area contributed by atoms with Crippen LogP contribution in [0.15, 0.2) is 28.7 Å². The van der Waals surface area contributed by atoms with Crippen LogP contribution in [0.2, 0.25) is 0 Å². The second-order valence-electron chi connectivity index (χ2n) is 2.97. The third-order valence-electron chi connectivity index (χ3n) is 1.94. The van der Waals surface area contributed by atoms with Crippen molar-refractivity contribution in [2.45, 2.75) is 10.7 Å². The Morgan fingerprint density at radius 3 is 2.27 bits per heavy atom. The van der Waals surface area contributed by atoms with E-state index in [-0.39, 0.29) is 0 Å². The zero-order valence-electron chi connectivity index (χ0n) is 7.78. The average molecular weight is 332 g/mol. The van der Waals surface area contributed by atoms with E-state index in [1.807, 2.05) is 24.3 Å². The molecule has 0 atom stereocenters. The quantitative estimate of drug-likeness (QED) is 0.808. The predicted molar refractivity (Wildman–Crippen MR) is 65.0 cm³/mol. The zero-order valence-corrected chi connectivity index (χ0v) is 11.0. The van der Waals surface area contributed by atoms with E-state index in [4.69, 9.17) is 4.42 Å². The standard InChI is InChI=1S/C10H8Br2N2O/c11-5-7-1-3-8(4-2-7)10-14-13-9(6-12)15-10/h1-4H,5-6H2. The summed E-state index contributed by atoms with van der Waals surface area (Å²) >= 11 is 6.66. The Bertz CT molecular complexity index is 439. The first-order valence-corrected chi connectivity index (χ1v) is 6.61. The molecule has 3 nitrogen and oxygen atoms in total. The molecule has 0 amide bonds. The number of alkyl halides is 2. The highest BCUT2D eigenvalue weighted by atomic mass is 79.9. The lowest BCUT2D eigenvalue weighted by Crippen LogP contribution is -1.80. The summed E-state index contributed by atoms with van der Waals surface area (Å²) in [4.78, 5) is 0. The van der Waals surface area contributed by atoms with Crippen molar-refractivity contribution in [2.24, 2.45) is 0 Å². The van der Waals surface area contributed by atoms with Crippen LogP contribution in [0, 0.1) is 0 Å². The van der Waals surface area contributed by atoms with Crippen molar-refractivity contribution < 1.29 is 4.42 Å². The minimum Gasteiger partial charge on any atom is -0.420 e. The molecule has 0 saturated carbocycles. The summed E-state index contributed by atoms with van der Waals surface area (Å²) < 4.78 is 5.41. The van der Waals surface area contributed by atoms with Gasteiger partial charge in [0.05, 0.1) is 5.33 Å². The van der Waals surface area contributed by atoms with Crippen LogP contribution in [-0.2, 0) is 10.7 Å². The number of hydrogen-bond donors (Lipinski definition) is 0. The lowest BCUT2D eigenvalue weighted by Gasteiger charge is -1.96. The number of nitrogens with zero attached hydrogens (tertiary/aromatic N) is 2. The SMILES string of the molecule is BrCc1ccc(-c2nnc(CBr)o2)cc1. The van der Waals surface area contributed by atoms with E-state index in [1.54, 1.807) is 0 Å². The van der Waals surface area contributed by atoms with Crippen LogP contribution >= 0.6 is 31.9 Å². The lowest BCUT2D eigenvalue weighted by molar-refractivity contribution is 0.529. The molecular weight excluding hydrogens is 324 g/mol. The second-order valence-corrected chi connectivity index (χ2v) is 4.09. The Morgan fingerprint density at radius 1 is 1.00 bits per heavy atom. The van der Waals surface area contributed by atoms with E-state index >= 15 is 0 Å². The van der Waals surface area contributed by atoms with Crippen LogP contribution in [0.25, 0.3) is 11.5 Å². The largest absolute Gasteiger partial charge is 0.420 e. The number of aromatic nitrogens is 2. The Hall–Kier alpha value is -0.680. The van der Waals surface area contributed by atoms with Gasteiger partial charge in [-0.05, 0) is 17.7 Å². The summed E-state index contributed by atoms with van der Waals surface area (Å²) in [6.45, 7) is 0. The molecule has 15 heavy (non-hydrogen) atoms. The van der Waals surface area contributed by atoms with Crippen LogP contribution in [0.4, 0.5) is 0 Å². The Labute approximate surface area is 104 Å². The molecule has 2 rings (SSSR count). The monoisotopic (exact) mass is 330 g/mol. The van der Waals surface area contributed by atoms with Crippen LogP contribution in [0.5, 0.6) is 0 Å². The van der Waals surface area contributed by atoms with Crippen molar-refractivity contribution in [3.8, 4) is 11.5 Å². The molecule has 0 aliphatic rings. The fraction of sp³-hybridized carbons (Fsp3) is 0.200. The third kappa shape index (κ3) is 2.46. The second kappa shape index (κ2) is 4.90. The van der Waals surface area contributed by atoms with Crippen LogP contribution in [0.1, 0.15) is 11.5 Å². The highest BCUT2D eigenvalue weighted by Crippen LogP contribution is 2.19. The Balaban J connectivity index is 2.28. The third-order valence-corrected chi connectivity index (χ3v) is 3.06. The van der Waals surface area contributed by atoms with Crippen molar-refractivity contribution in [1.82, 2.24) is 10.2 Å². The highest BCUT2D eigenvalue weighted by Gasteiger charge is 2.06. The van der Waals surface area contributed by atoms with Gasteiger partial charge in [0.25, 0.3) is 0 Å². The summed E-state index contributed by atoms with van der Waals surface area (Å²) in [5.74, 6) is 1.15. The van der Waals surface area contributed by atoms with Crippen LogP contribution in [-0.4, -0.2) is 10.2 Å². The maximum absolute atomic E-state index is 5.41. The first-order valence-electron chi connectivity index (χ1n) is 4.37. The normalized spacial score (nSPS) is 10.5. The molecule has 1 heterocycles.